The van der Waals surface area contributed by atoms with E-state index in [4.69, 9.17) is 16.3 Å². The standard InChI is InChI=1S/C14H9BrClNO2/c1-2-14(18)9-5-8(15)3-4-11(9)19-12-7-17-13(16)6-10(12)14/h2-7,18H,1H2/t14-/m0/s1. The normalized spacial score (nSPS) is 20.2. The van der Waals surface area contributed by atoms with Crippen molar-refractivity contribution < 1.29 is 9.84 Å². The maximum atomic E-state index is 10.9. The number of aliphatic hydroxyl groups is 1. The Labute approximate surface area is 123 Å². The maximum Gasteiger partial charge on any atom is 0.152 e. The summed E-state index contributed by atoms with van der Waals surface area (Å²) in [5.74, 6) is 1.05. The van der Waals surface area contributed by atoms with Crippen LogP contribution < -0.4 is 4.74 Å². The lowest BCUT2D eigenvalue weighted by molar-refractivity contribution is 0.121. The number of hydrogen-bond acceptors (Lipinski definition) is 3. The van der Waals surface area contributed by atoms with E-state index in [2.05, 4.69) is 27.5 Å². The number of nitrogens with zero attached hydrogens (tertiary/aromatic N) is 1. The number of fused-ring (bicyclic) bond motifs is 2. The van der Waals surface area contributed by atoms with Crippen LogP contribution in [0.2, 0.25) is 5.15 Å². The highest BCUT2D eigenvalue weighted by atomic mass is 79.9. The second kappa shape index (κ2) is 4.34. The van der Waals surface area contributed by atoms with Crippen molar-refractivity contribution in [1.29, 1.82) is 0 Å². The summed E-state index contributed by atoms with van der Waals surface area (Å²) in [6.07, 6.45) is 2.97. The third kappa shape index (κ3) is 1.87. The lowest BCUT2D eigenvalue weighted by atomic mass is 9.84. The molecule has 0 unspecified atom stereocenters. The van der Waals surface area contributed by atoms with Gasteiger partial charge in [0.2, 0.25) is 0 Å². The van der Waals surface area contributed by atoms with Crippen molar-refractivity contribution in [2.75, 3.05) is 0 Å². The highest BCUT2D eigenvalue weighted by Gasteiger charge is 2.38. The summed E-state index contributed by atoms with van der Waals surface area (Å²) in [5.41, 5.74) is -0.195. The summed E-state index contributed by atoms with van der Waals surface area (Å²) >= 11 is 9.28. The van der Waals surface area contributed by atoms with Crippen LogP contribution in [0.25, 0.3) is 0 Å². The van der Waals surface area contributed by atoms with Gasteiger partial charge in [-0.3, -0.25) is 0 Å². The molecule has 1 aliphatic rings. The summed E-state index contributed by atoms with van der Waals surface area (Å²) in [4.78, 5) is 3.97. The van der Waals surface area contributed by atoms with Crippen molar-refractivity contribution in [3.8, 4) is 11.5 Å². The van der Waals surface area contributed by atoms with Crippen LogP contribution in [0.5, 0.6) is 11.5 Å². The molecule has 0 saturated carbocycles. The molecule has 1 aliphatic heterocycles. The minimum absolute atomic E-state index is 0.293. The molecule has 3 rings (SSSR count). The molecule has 0 fully saturated rings. The van der Waals surface area contributed by atoms with Crippen LogP contribution >= 0.6 is 27.5 Å². The SMILES string of the molecule is C=C[C@]1(O)c2cc(Br)ccc2Oc2cnc(Cl)cc21. The van der Waals surface area contributed by atoms with Crippen molar-refractivity contribution in [2.24, 2.45) is 0 Å². The highest BCUT2D eigenvalue weighted by molar-refractivity contribution is 9.10. The molecule has 0 aliphatic carbocycles. The number of benzene rings is 1. The molecule has 1 atom stereocenters. The quantitative estimate of drug-likeness (QED) is 0.630. The second-order valence-electron chi connectivity index (χ2n) is 4.22. The lowest BCUT2D eigenvalue weighted by Gasteiger charge is -2.33. The van der Waals surface area contributed by atoms with E-state index in [1.54, 1.807) is 18.2 Å². The third-order valence-corrected chi connectivity index (χ3v) is 3.81. The van der Waals surface area contributed by atoms with Gasteiger partial charge in [0.15, 0.2) is 5.75 Å². The van der Waals surface area contributed by atoms with Gasteiger partial charge in [-0.25, -0.2) is 4.98 Å². The van der Waals surface area contributed by atoms with Crippen LogP contribution in [0.15, 0.2) is 47.6 Å². The Bertz CT molecular complexity index is 636. The van der Waals surface area contributed by atoms with Crippen LogP contribution in [0.3, 0.4) is 0 Å². The smallest absolute Gasteiger partial charge is 0.152 e. The fourth-order valence-corrected chi connectivity index (χ4v) is 2.69. The van der Waals surface area contributed by atoms with Crippen LogP contribution in [0.1, 0.15) is 11.1 Å². The van der Waals surface area contributed by atoms with E-state index in [9.17, 15) is 5.11 Å². The molecular formula is C14H9BrClNO2. The largest absolute Gasteiger partial charge is 0.455 e. The van der Waals surface area contributed by atoms with Gasteiger partial charge in [0, 0.05) is 15.6 Å². The molecule has 0 saturated heterocycles. The third-order valence-electron chi connectivity index (χ3n) is 3.11. The molecule has 0 radical (unpaired) electrons. The molecule has 1 N–H and O–H groups in total. The average Bonchev–Trinajstić information content (AvgIpc) is 2.41. The topological polar surface area (TPSA) is 42.4 Å². The molecule has 3 nitrogen and oxygen atoms in total. The minimum atomic E-state index is -1.35. The fourth-order valence-electron chi connectivity index (χ4n) is 2.17. The van der Waals surface area contributed by atoms with Gasteiger partial charge in [-0.1, -0.05) is 40.2 Å². The van der Waals surface area contributed by atoms with E-state index < -0.39 is 5.60 Å². The van der Waals surface area contributed by atoms with E-state index in [0.717, 1.165) is 4.47 Å². The zero-order chi connectivity index (χ0) is 13.6. The van der Waals surface area contributed by atoms with Crippen molar-refractivity contribution >= 4 is 27.5 Å². The number of pyridine rings is 1. The van der Waals surface area contributed by atoms with Crippen LogP contribution in [-0.2, 0) is 5.60 Å². The number of rotatable bonds is 1. The molecular weight excluding hydrogens is 330 g/mol. The number of aromatic nitrogens is 1. The van der Waals surface area contributed by atoms with E-state index >= 15 is 0 Å². The predicted molar refractivity (Wildman–Crippen MR) is 76.7 cm³/mol. The van der Waals surface area contributed by atoms with E-state index in [1.165, 1.54) is 12.3 Å². The summed E-state index contributed by atoms with van der Waals surface area (Å²) < 4.78 is 6.58. The zero-order valence-corrected chi connectivity index (χ0v) is 12.1. The number of hydrogen-bond donors (Lipinski definition) is 1. The van der Waals surface area contributed by atoms with Crippen molar-refractivity contribution in [3.05, 3.63) is 63.9 Å². The Hall–Kier alpha value is -1.36. The summed E-state index contributed by atoms with van der Waals surface area (Å²) in [6, 6.07) is 7.01. The zero-order valence-electron chi connectivity index (χ0n) is 9.73. The summed E-state index contributed by atoms with van der Waals surface area (Å²) in [6.45, 7) is 3.73. The second-order valence-corrected chi connectivity index (χ2v) is 5.52. The van der Waals surface area contributed by atoms with Gasteiger partial charge in [-0.2, -0.15) is 0 Å². The molecule has 0 bridgehead atoms. The Morgan fingerprint density at radius 2 is 2.05 bits per heavy atom. The van der Waals surface area contributed by atoms with E-state index in [0.29, 0.717) is 27.8 Å². The van der Waals surface area contributed by atoms with Crippen LogP contribution in [-0.4, -0.2) is 10.1 Å². The van der Waals surface area contributed by atoms with Crippen molar-refractivity contribution in [3.63, 3.8) is 0 Å². The summed E-state index contributed by atoms with van der Waals surface area (Å²) in [7, 11) is 0. The Morgan fingerprint density at radius 1 is 1.32 bits per heavy atom. The van der Waals surface area contributed by atoms with E-state index in [1.807, 2.05) is 6.07 Å². The average molecular weight is 339 g/mol. The van der Waals surface area contributed by atoms with Gasteiger partial charge in [-0.05, 0) is 24.3 Å². The van der Waals surface area contributed by atoms with Gasteiger partial charge in [-0.15, -0.1) is 0 Å². The van der Waals surface area contributed by atoms with Gasteiger partial charge in [0.05, 0.1) is 6.20 Å². The highest BCUT2D eigenvalue weighted by Crippen LogP contribution is 2.48. The predicted octanol–water partition coefficient (Wildman–Crippen LogP) is 4.03. The molecule has 1 aromatic heterocycles. The van der Waals surface area contributed by atoms with Gasteiger partial charge < -0.3 is 9.84 Å². The van der Waals surface area contributed by atoms with Crippen molar-refractivity contribution in [2.45, 2.75) is 5.60 Å². The van der Waals surface area contributed by atoms with Crippen molar-refractivity contribution in [1.82, 2.24) is 4.98 Å². The Kier molecular flexibility index (Phi) is 2.89. The minimum Gasteiger partial charge on any atom is -0.455 e. The molecule has 0 amide bonds. The van der Waals surface area contributed by atoms with Crippen LogP contribution in [0.4, 0.5) is 0 Å². The first-order valence-corrected chi connectivity index (χ1v) is 6.71. The molecule has 0 spiro atoms. The van der Waals surface area contributed by atoms with Gasteiger partial charge >= 0.3 is 0 Å². The first kappa shape index (κ1) is 12.7. The fraction of sp³-hybridized carbons (Fsp3) is 0.0714. The Morgan fingerprint density at radius 3 is 2.79 bits per heavy atom. The summed E-state index contributed by atoms with van der Waals surface area (Å²) in [5, 5.41) is 11.2. The molecule has 1 aromatic carbocycles. The number of ether oxygens (including phenoxy) is 1. The van der Waals surface area contributed by atoms with Gasteiger partial charge in [0.1, 0.15) is 16.5 Å². The molecule has 2 heterocycles. The Balaban J connectivity index is 2.32. The molecule has 19 heavy (non-hydrogen) atoms. The molecule has 96 valence electrons. The van der Waals surface area contributed by atoms with Gasteiger partial charge in [0.25, 0.3) is 0 Å². The first-order valence-electron chi connectivity index (χ1n) is 5.54. The number of halogens is 2. The monoisotopic (exact) mass is 337 g/mol. The lowest BCUT2D eigenvalue weighted by Crippen LogP contribution is -2.28. The molecule has 2 aromatic rings. The maximum absolute atomic E-state index is 10.9. The molecule has 5 heteroatoms. The van der Waals surface area contributed by atoms with Crippen LogP contribution in [0, 0.1) is 0 Å². The first-order chi connectivity index (χ1) is 9.04. The van der Waals surface area contributed by atoms with E-state index in [-0.39, 0.29) is 0 Å².